The van der Waals surface area contributed by atoms with E-state index in [1.54, 1.807) is 0 Å². The van der Waals surface area contributed by atoms with Crippen molar-refractivity contribution in [3.63, 3.8) is 0 Å². The van der Waals surface area contributed by atoms with Crippen LogP contribution < -0.4 is 0 Å². The van der Waals surface area contributed by atoms with Crippen molar-refractivity contribution in [3.8, 4) is 0 Å². The highest BCUT2D eigenvalue weighted by atomic mass is 16.1. The normalized spacial score (nSPS) is 17.5. The van der Waals surface area contributed by atoms with Crippen molar-refractivity contribution in [1.29, 1.82) is 5.41 Å². The SMILES string of the molecule is N=C1N=CN=CC1=O. The van der Waals surface area contributed by atoms with Gasteiger partial charge in [-0.25, -0.2) is 9.98 Å². The maximum absolute atomic E-state index is 10.3. The van der Waals surface area contributed by atoms with Gasteiger partial charge in [0.2, 0.25) is 5.78 Å². The molecule has 0 amide bonds. The quantitative estimate of drug-likeness (QED) is 0.453. The van der Waals surface area contributed by atoms with Crippen molar-refractivity contribution in [2.24, 2.45) is 9.98 Å². The molecule has 40 valence electrons. The van der Waals surface area contributed by atoms with Crippen LogP contribution in [0.25, 0.3) is 0 Å². The largest absolute Gasteiger partial charge is 0.284 e. The summed E-state index contributed by atoms with van der Waals surface area (Å²) in [5.41, 5.74) is 0. The van der Waals surface area contributed by atoms with Crippen LogP contribution in [0.2, 0.25) is 0 Å². The fourth-order valence-corrected chi connectivity index (χ4v) is 0.317. The number of ketones is 1. The van der Waals surface area contributed by atoms with Gasteiger partial charge in [0.1, 0.15) is 6.34 Å². The second kappa shape index (κ2) is 1.65. The van der Waals surface area contributed by atoms with E-state index in [4.69, 9.17) is 5.41 Å². The van der Waals surface area contributed by atoms with Crippen LogP contribution in [0.1, 0.15) is 0 Å². The number of carbonyl (C=O) groups is 1. The first-order valence-electron chi connectivity index (χ1n) is 1.99. The third kappa shape index (κ3) is 0.676. The Labute approximate surface area is 45.5 Å². The van der Waals surface area contributed by atoms with Crippen molar-refractivity contribution in [3.05, 3.63) is 0 Å². The number of nitrogens with one attached hydrogen (secondary N) is 1. The first kappa shape index (κ1) is 4.83. The Balaban J connectivity index is 2.89. The molecular weight excluding hydrogens is 106 g/mol. The van der Waals surface area contributed by atoms with Crippen molar-refractivity contribution in [2.75, 3.05) is 0 Å². The molecule has 1 rings (SSSR count). The lowest BCUT2D eigenvalue weighted by Gasteiger charge is -1.90. The molecule has 0 unspecified atom stereocenters. The zero-order chi connectivity index (χ0) is 5.98. The highest BCUT2D eigenvalue weighted by Gasteiger charge is 2.05. The number of amidine groups is 1. The van der Waals surface area contributed by atoms with Crippen LogP contribution in [0.15, 0.2) is 9.98 Å². The van der Waals surface area contributed by atoms with Gasteiger partial charge < -0.3 is 0 Å². The summed E-state index contributed by atoms with van der Waals surface area (Å²) in [5, 5.41) is 6.76. The molecule has 0 aromatic carbocycles. The highest BCUT2D eigenvalue weighted by Crippen LogP contribution is 1.81. The lowest BCUT2D eigenvalue weighted by Crippen LogP contribution is -2.14. The van der Waals surface area contributed by atoms with Gasteiger partial charge in [-0.3, -0.25) is 10.2 Å². The van der Waals surface area contributed by atoms with Gasteiger partial charge in [-0.1, -0.05) is 0 Å². The Morgan fingerprint density at radius 2 is 2.38 bits per heavy atom. The van der Waals surface area contributed by atoms with E-state index in [0.717, 1.165) is 6.21 Å². The van der Waals surface area contributed by atoms with E-state index in [0.29, 0.717) is 0 Å². The molecule has 1 N–H and O–H groups in total. The summed E-state index contributed by atoms with van der Waals surface area (Å²) in [6.07, 6.45) is 2.24. The molecule has 4 nitrogen and oxygen atoms in total. The minimum Gasteiger partial charge on any atom is -0.284 e. The molecule has 0 bridgehead atoms. The Bertz CT molecular complexity index is 169. The number of hydrogen-bond acceptors (Lipinski definition) is 3. The molecule has 0 saturated heterocycles. The molecule has 8 heavy (non-hydrogen) atoms. The fraction of sp³-hybridized carbons (Fsp3) is 0. The topological polar surface area (TPSA) is 65.6 Å². The van der Waals surface area contributed by atoms with E-state index in [9.17, 15) is 4.79 Å². The Morgan fingerprint density at radius 3 is 2.75 bits per heavy atom. The molecule has 0 spiro atoms. The third-order valence-corrected chi connectivity index (χ3v) is 0.679. The molecule has 0 saturated carbocycles. The molecule has 1 aliphatic heterocycles. The first-order chi connectivity index (χ1) is 3.80. The van der Waals surface area contributed by atoms with Crippen molar-refractivity contribution in [2.45, 2.75) is 0 Å². The maximum Gasteiger partial charge on any atom is 0.240 e. The van der Waals surface area contributed by atoms with Crippen LogP contribution in [0.4, 0.5) is 0 Å². The summed E-state index contributed by atoms with van der Waals surface area (Å²) < 4.78 is 0. The molecule has 0 fully saturated rings. The summed E-state index contributed by atoms with van der Waals surface area (Å²) in [7, 11) is 0. The smallest absolute Gasteiger partial charge is 0.240 e. The second-order valence-electron chi connectivity index (χ2n) is 1.24. The van der Waals surface area contributed by atoms with Gasteiger partial charge >= 0.3 is 0 Å². The summed E-state index contributed by atoms with van der Waals surface area (Å²) >= 11 is 0. The van der Waals surface area contributed by atoms with Crippen molar-refractivity contribution >= 4 is 24.2 Å². The maximum atomic E-state index is 10.3. The van der Waals surface area contributed by atoms with Crippen LogP contribution in [0.5, 0.6) is 0 Å². The lowest BCUT2D eigenvalue weighted by atomic mass is 10.4. The van der Waals surface area contributed by atoms with Gasteiger partial charge in [0, 0.05) is 0 Å². The fourth-order valence-electron chi connectivity index (χ4n) is 0.317. The molecule has 0 aliphatic carbocycles. The molecule has 1 heterocycles. The number of Topliss-reactive ketones (excluding diaryl/α,β-unsaturated/α-hetero) is 1. The first-order valence-corrected chi connectivity index (χ1v) is 1.99. The van der Waals surface area contributed by atoms with Gasteiger partial charge in [-0.05, 0) is 0 Å². The van der Waals surface area contributed by atoms with E-state index in [-0.39, 0.29) is 5.84 Å². The van der Waals surface area contributed by atoms with Gasteiger partial charge in [-0.2, -0.15) is 0 Å². The van der Waals surface area contributed by atoms with Crippen molar-refractivity contribution < 1.29 is 4.79 Å². The standard InChI is InChI=1S/C4H3N3O/c5-4-3(8)1-6-2-7-4/h1-2,5H. The molecular formula is C4H3N3O. The predicted molar refractivity (Wildman–Crippen MR) is 29.7 cm³/mol. The van der Waals surface area contributed by atoms with E-state index in [1.807, 2.05) is 0 Å². The van der Waals surface area contributed by atoms with E-state index < -0.39 is 5.78 Å². The number of nitrogens with zero attached hydrogens (tertiary/aromatic N) is 2. The summed E-state index contributed by atoms with van der Waals surface area (Å²) in [5.74, 6) is -0.687. The Morgan fingerprint density at radius 1 is 1.62 bits per heavy atom. The van der Waals surface area contributed by atoms with Gasteiger partial charge in [-0.15, -0.1) is 0 Å². The number of carbonyl (C=O) groups excluding carboxylic acids is 1. The third-order valence-electron chi connectivity index (χ3n) is 0.679. The van der Waals surface area contributed by atoms with Gasteiger partial charge in [0.15, 0.2) is 5.84 Å². The minimum absolute atomic E-state index is 0.250. The van der Waals surface area contributed by atoms with Gasteiger partial charge in [0.25, 0.3) is 0 Å². The summed E-state index contributed by atoms with van der Waals surface area (Å²) in [4.78, 5) is 17.0. The minimum atomic E-state index is -0.437. The average molecular weight is 109 g/mol. The molecule has 0 atom stereocenters. The molecule has 0 aromatic rings. The predicted octanol–water partition coefficient (Wildman–Crippen LogP) is -0.355. The van der Waals surface area contributed by atoms with E-state index in [1.165, 1.54) is 6.34 Å². The zero-order valence-electron chi connectivity index (χ0n) is 3.96. The van der Waals surface area contributed by atoms with Crippen LogP contribution >= 0.6 is 0 Å². The number of hydrogen-bond donors (Lipinski definition) is 1. The average Bonchev–Trinajstić information content (AvgIpc) is 1.77. The summed E-state index contributed by atoms with van der Waals surface area (Å²) in [6.45, 7) is 0. The highest BCUT2D eigenvalue weighted by molar-refractivity contribution is 6.61. The number of rotatable bonds is 0. The second-order valence-corrected chi connectivity index (χ2v) is 1.24. The Hall–Kier alpha value is -1.32. The lowest BCUT2D eigenvalue weighted by molar-refractivity contribution is -0.107. The van der Waals surface area contributed by atoms with Crippen LogP contribution in [-0.2, 0) is 4.79 Å². The van der Waals surface area contributed by atoms with Crippen molar-refractivity contribution in [1.82, 2.24) is 0 Å². The van der Waals surface area contributed by atoms with Crippen LogP contribution in [0, 0.1) is 5.41 Å². The number of aliphatic imine (C=N–C) groups is 2. The molecule has 4 heteroatoms. The Kier molecular flexibility index (Phi) is 0.997. The molecule has 1 aliphatic rings. The van der Waals surface area contributed by atoms with Crippen LogP contribution in [-0.4, -0.2) is 24.2 Å². The molecule has 0 aromatic heterocycles. The summed E-state index contributed by atoms with van der Waals surface area (Å²) in [6, 6.07) is 0. The monoisotopic (exact) mass is 109 g/mol. The van der Waals surface area contributed by atoms with E-state index in [2.05, 4.69) is 9.98 Å². The molecule has 0 radical (unpaired) electrons. The zero-order valence-corrected chi connectivity index (χ0v) is 3.96. The van der Waals surface area contributed by atoms with E-state index >= 15 is 0 Å². The van der Waals surface area contributed by atoms with Gasteiger partial charge in [0.05, 0.1) is 6.21 Å². The van der Waals surface area contributed by atoms with Crippen LogP contribution in [0.3, 0.4) is 0 Å².